The van der Waals surface area contributed by atoms with Crippen LogP contribution in [0.3, 0.4) is 0 Å². The minimum Gasteiger partial charge on any atom is -0.324 e. The third-order valence-corrected chi connectivity index (χ3v) is 2.53. The summed E-state index contributed by atoms with van der Waals surface area (Å²) in [5.74, 6) is 0.397. The summed E-state index contributed by atoms with van der Waals surface area (Å²) in [5, 5.41) is 12.0. The van der Waals surface area contributed by atoms with Gasteiger partial charge in [-0.3, -0.25) is 0 Å². The van der Waals surface area contributed by atoms with E-state index in [2.05, 4.69) is 31.2 Å². The minimum absolute atomic E-state index is 0.350. The molecule has 1 aromatic carbocycles. The molecule has 0 amide bonds. The number of nitriles is 1. The zero-order chi connectivity index (χ0) is 12.3. The Morgan fingerprint density at radius 1 is 1.24 bits per heavy atom. The maximum absolute atomic E-state index is 8.67. The zero-order valence-electron chi connectivity index (χ0n) is 8.48. The van der Waals surface area contributed by atoms with Gasteiger partial charge in [0, 0.05) is 11.8 Å². The fourth-order valence-corrected chi connectivity index (χ4v) is 1.90. The van der Waals surface area contributed by atoms with E-state index in [-0.39, 0.29) is 0 Å². The smallest absolute Gasteiger partial charge is 0.229 e. The third-order valence-electron chi connectivity index (χ3n) is 1.93. The maximum Gasteiger partial charge on any atom is 0.229 e. The van der Waals surface area contributed by atoms with Gasteiger partial charge in [-0.1, -0.05) is 11.6 Å². The van der Waals surface area contributed by atoms with E-state index < -0.39 is 0 Å². The largest absolute Gasteiger partial charge is 0.324 e. The lowest BCUT2D eigenvalue weighted by atomic mass is 10.2. The van der Waals surface area contributed by atoms with Gasteiger partial charge in [-0.25, -0.2) is 9.97 Å². The molecule has 0 bridgehead atoms. The second-order valence-electron chi connectivity index (χ2n) is 3.15. The first-order valence-corrected chi connectivity index (χ1v) is 5.82. The second-order valence-corrected chi connectivity index (χ2v) is 4.35. The van der Waals surface area contributed by atoms with E-state index in [9.17, 15) is 0 Å². The quantitative estimate of drug-likeness (QED) is 0.862. The maximum atomic E-state index is 8.67. The summed E-state index contributed by atoms with van der Waals surface area (Å²) in [6.45, 7) is 0. The Bertz CT molecular complexity index is 557. The van der Waals surface area contributed by atoms with Gasteiger partial charge in [0.15, 0.2) is 0 Å². The van der Waals surface area contributed by atoms with Crippen LogP contribution in [0.5, 0.6) is 0 Å². The Balaban J connectivity index is 2.22. The number of halogens is 2. The highest BCUT2D eigenvalue weighted by Crippen LogP contribution is 2.18. The predicted octanol–water partition coefficient (Wildman–Crippen LogP) is 3.51. The van der Waals surface area contributed by atoms with Crippen LogP contribution >= 0.6 is 27.5 Å². The van der Waals surface area contributed by atoms with Gasteiger partial charge in [-0.15, -0.1) is 0 Å². The molecule has 0 unspecified atom stereocenters. The van der Waals surface area contributed by atoms with Crippen molar-refractivity contribution in [2.75, 3.05) is 5.32 Å². The summed E-state index contributed by atoms with van der Waals surface area (Å²) in [4.78, 5) is 8.14. The highest BCUT2D eigenvalue weighted by Gasteiger charge is 2.01. The molecule has 1 aromatic heterocycles. The van der Waals surface area contributed by atoms with Crippen LogP contribution in [0.2, 0.25) is 5.15 Å². The van der Waals surface area contributed by atoms with Crippen molar-refractivity contribution in [3.05, 3.63) is 45.7 Å². The van der Waals surface area contributed by atoms with Crippen LogP contribution in [0.4, 0.5) is 11.6 Å². The zero-order valence-corrected chi connectivity index (χ0v) is 10.8. The minimum atomic E-state index is 0.350. The molecule has 0 aliphatic carbocycles. The first kappa shape index (κ1) is 11.8. The molecule has 4 nitrogen and oxygen atoms in total. The van der Waals surface area contributed by atoms with Crippen LogP contribution in [-0.2, 0) is 0 Å². The normalized spacial score (nSPS) is 9.71. The fraction of sp³-hybridized carbons (Fsp3) is 0. The molecule has 2 aromatic rings. The molecular formula is C11H6BrClN4. The molecule has 6 heteroatoms. The summed E-state index contributed by atoms with van der Waals surface area (Å²) in [7, 11) is 0. The van der Waals surface area contributed by atoms with Crippen molar-refractivity contribution in [2.45, 2.75) is 0 Å². The number of anilines is 2. The van der Waals surface area contributed by atoms with E-state index in [0.717, 1.165) is 5.69 Å². The highest BCUT2D eigenvalue weighted by atomic mass is 79.9. The first-order chi connectivity index (χ1) is 8.17. The van der Waals surface area contributed by atoms with Crippen LogP contribution in [-0.4, -0.2) is 9.97 Å². The first-order valence-electron chi connectivity index (χ1n) is 4.64. The number of benzene rings is 1. The van der Waals surface area contributed by atoms with E-state index in [0.29, 0.717) is 21.3 Å². The van der Waals surface area contributed by atoms with E-state index in [1.807, 2.05) is 6.07 Å². The molecule has 0 spiro atoms. The van der Waals surface area contributed by atoms with Crippen molar-refractivity contribution in [3.8, 4) is 6.07 Å². The molecule has 1 heterocycles. The Kier molecular flexibility index (Phi) is 3.57. The van der Waals surface area contributed by atoms with Gasteiger partial charge in [0.1, 0.15) is 9.76 Å². The van der Waals surface area contributed by atoms with Crippen molar-refractivity contribution >= 4 is 39.2 Å². The monoisotopic (exact) mass is 308 g/mol. The van der Waals surface area contributed by atoms with Crippen molar-refractivity contribution in [1.29, 1.82) is 5.26 Å². The molecule has 0 atom stereocenters. The van der Waals surface area contributed by atoms with E-state index in [1.54, 1.807) is 30.3 Å². The van der Waals surface area contributed by atoms with Gasteiger partial charge in [-0.05, 0) is 40.2 Å². The van der Waals surface area contributed by atoms with Gasteiger partial charge in [0.25, 0.3) is 0 Å². The lowest BCUT2D eigenvalue weighted by Gasteiger charge is -2.05. The molecule has 0 fully saturated rings. The number of nitrogens with one attached hydrogen (secondary N) is 1. The number of hydrogen-bond acceptors (Lipinski definition) is 4. The van der Waals surface area contributed by atoms with Crippen LogP contribution in [0.25, 0.3) is 0 Å². The molecule has 0 aliphatic rings. The Labute approximate surface area is 111 Å². The average Bonchev–Trinajstić information content (AvgIpc) is 2.28. The summed E-state index contributed by atoms with van der Waals surface area (Å²) >= 11 is 9.03. The average molecular weight is 310 g/mol. The molecule has 2 rings (SSSR count). The SMILES string of the molecule is N#Cc1ccc(Nc2nc(Cl)cc(Br)n2)cc1. The van der Waals surface area contributed by atoms with Crippen molar-refractivity contribution in [3.63, 3.8) is 0 Å². The molecule has 1 N–H and O–H groups in total. The topological polar surface area (TPSA) is 61.6 Å². The number of rotatable bonds is 2. The standard InChI is InChI=1S/C11H6BrClN4/c12-9-5-10(13)17-11(16-9)15-8-3-1-7(6-14)2-4-8/h1-5H,(H,15,16,17). The predicted molar refractivity (Wildman–Crippen MR) is 69.2 cm³/mol. The highest BCUT2D eigenvalue weighted by molar-refractivity contribution is 9.10. The van der Waals surface area contributed by atoms with Crippen LogP contribution in [0, 0.1) is 11.3 Å². The van der Waals surface area contributed by atoms with E-state index >= 15 is 0 Å². The van der Waals surface area contributed by atoms with Crippen LogP contribution in [0.1, 0.15) is 5.56 Å². The Morgan fingerprint density at radius 3 is 2.53 bits per heavy atom. The van der Waals surface area contributed by atoms with Crippen molar-refractivity contribution < 1.29 is 0 Å². The lowest BCUT2D eigenvalue weighted by Crippen LogP contribution is -1.97. The van der Waals surface area contributed by atoms with E-state index in [1.165, 1.54) is 0 Å². The molecule has 0 saturated heterocycles. The molecule has 0 radical (unpaired) electrons. The summed E-state index contributed by atoms with van der Waals surface area (Å²) in [6, 6.07) is 10.6. The Morgan fingerprint density at radius 2 is 1.94 bits per heavy atom. The Hall–Kier alpha value is -1.64. The van der Waals surface area contributed by atoms with Gasteiger partial charge in [0.2, 0.25) is 5.95 Å². The lowest BCUT2D eigenvalue weighted by molar-refractivity contribution is 1.14. The van der Waals surface area contributed by atoms with Crippen molar-refractivity contribution in [1.82, 2.24) is 9.97 Å². The molecule has 84 valence electrons. The van der Waals surface area contributed by atoms with Gasteiger partial charge >= 0.3 is 0 Å². The summed E-state index contributed by atoms with van der Waals surface area (Å²) in [5.41, 5.74) is 1.39. The number of nitrogens with zero attached hydrogens (tertiary/aromatic N) is 3. The van der Waals surface area contributed by atoms with Crippen LogP contribution in [0.15, 0.2) is 34.9 Å². The molecule has 0 aliphatic heterocycles. The number of aromatic nitrogens is 2. The number of hydrogen-bond donors (Lipinski definition) is 1. The fourth-order valence-electron chi connectivity index (χ4n) is 1.20. The van der Waals surface area contributed by atoms with Gasteiger partial charge < -0.3 is 5.32 Å². The van der Waals surface area contributed by atoms with Gasteiger partial charge in [-0.2, -0.15) is 5.26 Å². The third kappa shape index (κ3) is 3.16. The van der Waals surface area contributed by atoms with Crippen LogP contribution < -0.4 is 5.32 Å². The molecular weight excluding hydrogens is 304 g/mol. The van der Waals surface area contributed by atoms with Gasteiger partial charge in [0.05, 0.1) is 11.6 Å². The second kappa shape index (κ2) is 5.13. The van der Waals surface area contributed by atoms with Crippen molar-refractivity contribution in [2.24, 2.45) is 0 Å². The summed E-state index contributed by atoms with van der Waals surface area (Å²) < 4.78 is 0.605. The van der Waals surface area contributed by atoms with E-state index in [4.69, 9.17) is 16.9 Å². The summed E-state index contributed by atoms with van der Waals surface area (Å²) in [6.07, 6.45) is 0. The molecule has 17 heavy (non-hydrogen) atoms. The molecule has 0 saturated carbocycles.